The van der Waals surface area contributed by atoms with Gasteiger partial charge in [0.05, 0.1) is 5.92 Å². The predicted molar refractivity (Wildman–Crippen MR) is 66.1 cm³/mol. The normalized spacial score (nSPS) is 25.1. The summed E-state index contributed by atoms with van der Waals surface area (Å²) in [6.45, 7) is -0.531. The molecule has 0 amide bonds. The summed E-state index contributed by atoms with van der Waals surface area (Å²) in [7, 11) is -3.38. The first-order valence-corrected chi connectivity index (χ1v) is 8.54. The summed E-state index contributed by atoms with van der Waals surface area (Å²) in [5, 5.41) is -0.840. The van der Waals surface area contributed by atoms with E-state index in [2.05, 4.69) is 0 Å². The molecule has 2 unspecified atom stereocenters. The SMILES string of the molecule is CS(=O)(=O)C1CSCCN1CC(CN)C(F)(F)F. The Bertz CT molecular complexity index is 372. The van der Waals surface area contributed by atoms with E-state index in [4.69, 9.17) is 5.73 Å². The third kappa shape index (κ3) is 4.29. The molecule has 1 fully saturated rings. The third-order valence-electron chi connectivity index (χ3n) is 2.89. The molecule has 1 saturated heterocycles. The first-order chi connectivity index (χ1) is 8.16. The van der Waals surface area contributed by atoms with Gasteiger partial charge in [0.15, 0.2) is 9.84 Å². The van der Waals surface area contributed by atoms with Crippen molar-refractivity contribution in [2.24, 2.45) is 11.7 Å². The lowest BCUT2D eigenvalue weighted by Crippen LogP contribution is -2.51. The van der Waals surface area contributed by atoms with Crippen LogP contribution in [0.3, 0.4) is 0 Å². The van der Waals surface area contributed by atoms with Crippen LogP contribution in [-0.4, -0.2) is 62.3 Å². The molecular formula is C9H17F3N2O2S2. The van der Waals surface area contributed by atoms with Crippen LogP contribution < -0.4 is 5.73 Å². The highest BCUT2D eigenvalue weighted by atomic mass is 32.2. The van der Waals surface area contributed by atoms with Crippen molar-refractivity contribution in [2.45, 2.75) is 11.6 Å². The fraction of sp³-hybridized carbons (Fsp3) is 1.00. The smallest absolute Gasteiger partial charge is 0.330 e. The molecule has 0 bridgehead atoms. The van der Waals surface area contributed by atoms with Gasteiger partial charge in [0.1, 0.15) is 5.37 Å². The predicted octanol–water partition coefficient (Wildman–Crippen LogP) is 0.543. The number of nitrogens with two attached hydrogens (primary N) is 1. The molecule has 1 aliphatic rings. The molecule has 0 spiro atoms. The molecule has 108 valence electrons. The fourth-order valence-corrected chi connectivity index (χ4v) is 4.77. The Morgan fingerprint density at radius 2 is 2.11 bits per heavy atom. The zero-order chi connectivity index (χ0) is 14.0. The molecule has 1 rings (SSSR count). The van der Waals surface area contributed by atoms with E-state index in [-0.39, 0.29) is 6.54 Å². The van der Waals surface area contributed by atoms with Gasteiger partial charge in [0.25, 0.3) is 0 Å². The maximum atomic E-state index is 12.6. The van der Waals surface area contributed by atoms with Gasteiger partial charge in [-0.2, -0.15) is 24.9 Å². The third-order valence-corrected chi connectivity index (χ3v) is 5.57. The van der Waals surface area contributed by atoms with Crippen LogP contribution in [-0.2, 0) is 9.84 Å². The van der Waals surface area contributed by atoms with Crippen molar-refractivity contribution in [1.29, 1.82) is 0 Å². The second-order valence-corrected chi connectivity index (χ2v) is 7.68. The first kappa shape index (κ1) is 16.1. The second-order valence-electron chi connectivity index (χ2n) is 4.33. The summed E-state index contributed by atoms with van der Waals surface area (Å²) in [6, 6.07) is 0. The Balaban J connectivity index is 2.79. The second kappa shape index (κ2) is 5.98. The van der Waals surface area contributed by atoms with Crippen LogP contribution in [0.4, 0.5) is 13.2 Å². The van der Waals surface area contributed by atoms with Crippen LogP contribution >= 0.6 is 11.8 Å². The average Bonchev–Trinajstić information content (AvgIpc) is 2.23. The summed E-state index contributed by atoms with van der Waals surface area (Å²) < 4.78 is 61.0. The van der Waals surface area contributed by atoms with Crippen LogP contribution in [0.5, 0.6) is 0 Å². The number of halogens is 3. The summed E-state index contributed by atoms with van der Waals surface area (Å²) in [5.74, 6) is -0.723. The van der Waals surface area contributed by atoms with Crippen molar-refractivity contribution in [2.75, 3.05) is 37.4 Å². The highest BCUT2D eigenvalue weighted by Crippen LogP contribution is 2.29. The van der Waals surface area contributed by atoms with E-state index in [1.165, 1.54) is 16.7 Å². The van der Waals surface area contributed by atoms with Crippen molar-refractivity contribution < 1.29 is 21.6 Å². The van der Waals surface area contributed by atoms with Crippen LogP contribution in [0.15, 0.2) is 0 Å². The van der Waals surface area contributed by atoms with Gasteiger partial charge in [-0.3, -0.25) is 4.90 Å². The van der Waals surface area contributed by atoms with Gasteiger partial charge in [-0.05, 0) is 0 Å². The minimum Gasteiger partial charge on any atom is -0.330 e. The quantitative estimate of drug-likeness (QED) is 0.821. The molecule has 0 aliphatic carbocycles. The maximum Gasteiger partial charge on any atom is 0.394 e. The molecule has 4 nitrogen and oxygen atoms in total. The standard InChI is InChI=1S/C9H17F3N2O2S2/c1-18(15,16)8-6-17-3-2-14(8)5-7(4-13)9(10,11)12/h7-8H,2-6,13H2,1H3. The number of rotatable bonds is 4. The van der Waals surface area contributed by atoms with Crippen LogP contribution in [0.25, 0.3) is 0 Å². The lowest BCUT2D eigenvalue weighted by Gasteiger charge is -2.36. The number of hydrogen-bond donors (Lipinski definition) is 1. The summed E-state index contributed by atoms with van der Waals surface area (Å²) in [4.78, 5) is 1.39. The minimum atomic E-state index is -4.39. The molecule has 1 heterocycles. The van der Waals surface area contributed by atoms with Gasteiger partial charge in [0, 0.05) is 37.4 Å². The Morgan fingerprint density at radius 1 is 1.50 bits per heavy atom. The van der Waals surface area contributed by atoms with Gasteiger partial charge < -0.3 is 5.73 Å². The topological polar surface area (TPSA) is 63.4 Å². The van der Waals surface area contributed by atoms with E-state index >= 15 is 0 Å². The van der Waals surface area contributed by atoms with Crippen molar-refractivity contribution in [3.05, 3.63) is 0 Å². The summed E-state index contributed by atoms with van der Waals surface area (Å²) in [5.41, 5.74) is 5.13. The maximum absolute atomic E-state index is 12.6. The van der Waals surface area contributed by atoms with E-state index in [9.17, 15) is 21.6 Å². The van der Waals surface area contributed by atoms with Gasteiger partial charge in [0.2, 0.25) is 0 Å². The zero-order valence-electron chi connectivity index (χ0n) is 9.98. The van der Waals surface area contributed by atoms with Crippen LogP contribution in [0.2, 0.25) is 0 Å². The van der Waals surface area contributed by atoms with Crippen LogP contribution in [0, 0.1) is 5.92 Å². The molecule has 9 heteroatoms. The van der Waals surface area contributed by atoms with Gasteiger partial charge in [-0.1, -0.05) is 0 Å². The van der Waals surface area contributed by atoms with Crippen molar-refractivity contribution in [1.82, 2.24) is 4.90 Å². The number of sulfone groups is 1. The first-order valence-electron chi connectivity index (χ1n) is 5.43. The van der Waals surface area contributed by atoms with Gasteiger partial charge >= 0.3 is 6.18 Å². The Labute approximate surface area is 109 Å². The summed E-state index contributed by atoms with van der Waals surface area (Å²) in [6.07, 6.45) is -3.33. The summed E-state index contributed by atoms with van der Waals surface area (Å²) >= 11 is 1.44. The Hall–Kier alpha value is 0.01000. The Morgan fingerprint density at radius 3 is 2.56 bits per heavy atom. The molecule has 0 aromatic carbocycles. The van der Waals surface area contributed by atoms with E-state index in [0.717, 1.165) is 6.26 Å². The monoisotopic (exact) mass is 306 g/mol. The van der Waals surface area contributed by atoms with Crippen LogP contribution in [0.1, 0.15) is 0 Å². The van der Waals surface area contributed by atoms with Crippen molar-refractivity contribution >= 4 is 21.6 Å². The van der Waals surface area contributed by atoms with E-state index in [1.807, 2.05) is 0 Å². The largest absolute Gasteiger partial charge is 0.394 e. The van der Waals surface area contributed by atoms with Gasteiger partial charge in [-0.15, -0.1) is 0 Å². The lowest BCUT2D eigenvalue weighted by molar-refractivity contribution is -0.176. The molecule has 0 saturated carbocycles. The molecule has 0 aromatic rings. The number of thioether (sulfide) groups is 1. The lowest BCUT2D eigenvalue weighted by atomic mass is 10.1. The molecule has 0 aromatic heterocycles. The number of nitrogens with zero attached hydrogens (tertiary/aromatic N) is 1. The highest BCUT2D eigenvalue weighted by molar-refractivity contribution is 8.00. The average molecular weight is 306 g/mol. The number of hydrogen-bond acceptors (Lipinski definition) is 5. The van der Waals surface area contributed by atoms with Crippen molar-refractivity contribution in [3.63, 3.8) is 0 Å². The number of alkyl halides is 3. The van der Waals surface area contributed by atoms with E-state index < -0.39 is 33.9 Å². The highest BCUT2D eigenvalue weighted by Gasteiger charge is 2.42. The van der Waals surface area contributed by atoms with Crippen molar-refractivity contribution in [3.8, 4) is 0 Å². The molecule has 2 N–H and O–H groups in total. The Kier molecular flexibility index (Phi) is 5.33. The molecular weight excluding hydrogens is 289 g/mol. The van der Waals surface area contributed by atoms with E-state index in [1.54, 1.807) is 0 Å². The minimum absolute atomic E-state index is 0.313. The van der Waals surface area contributed by atoms with E-state index in [0.29, 0.717) is 18.1 Å². The van der Waals surface area contributed by atoms with Gasteiger partial charge in [-0.25, -0.2) is 8.42 Å². The molecule has 2 atom stereocenters. The zero-order valence-corrected chi connectivity index (χ0v) is 11.6. The fourth-order valence-electron chi connectivity index (χ4n) is 1.81. The molecule has 18 heavy (non-hydrogen) atoms. The molecule has 0 radical (unpaired) electrons. The molecule has 1 aliphatic heterocycles.